The van der Waals surface area contributed by atoms with Crippen molar-refractivity contribution in [2.45, 2.75) is 32.1 Å². The van der Waals surface area contributed by atoms with E-state index in [0.717, 1.165) is 43.4 Å². The highest BCUT2D eigenvalue weighted by molar-refractivity contribution is 5.81. The maximum Gasteiger partial charge on any atom is 0.309 e. The van der Waals surface area contributed by atoms with Crippen molar-refractivity contribution in [3.8, 4) is 5.75 Å². The Morgan fingerprint density at radius 2 is 1.86 bits per heavy atom. The number of carbonyl (C=O) groups is 2. The zero-order valence-corrected chi connectivity index (χ0v) is 13.0. The molecule has 1 amide bonds. The molecule has 0 bridgehead atoms. The number of nitrogens with one attached hydrogen (secondary N) is 1. The average Bonchev–Trinajstić information content (AvgIpc) is 3.08. The molecular formula is C17H23NO4. The molecule has 0 spiro atoms. The Morgan fingerprint density at radius 1 is 1.18 bits per heavy atom. The maximum atomic E-state index is 11.7. The van der Waals surface area contributed by atoms with Gasteiger partial charge >= 0.3 is 5.97 Å². The van der Waals surface area contributed by atoms with Crippen LogP contribution in [0.4, 0.5) is 0 Å². The minimum Gasteiger partial charge on any atom is -0.497 e. The van der Waals surface area contributed by atoms with Gasteiger partial charge < -0.3 is 14.8 Å². The lowest BCUT2D eigenvalue weighted by molar-refractivity contribution is -0.152. The van der Waals surface area contributed by atoms with Crippen LogP contribution in [0.2, 0.25) is 0 Å². The molecule has 120 valence electrons. The van der Waals surface area contributed by atoms with Gasteiger partial charge in [0.1, 0.15) is 5.75 Å². The fourth-order valence-corrected chi connectivity index (χ4v) is 2.61. The number of benzene rings is 1. The molecule has 0 unspecified atom stereocenters. The van der Waals surface area contributed by atoms with Crippen molar-refractivity contribution in [1.82, 2.24) is 5.32 Å². The van der Waals surface area contributed by atoms with E-state index in [2.05, 4.69) is 5.32 Å². The van der Waals surface area contributed by atoms with E-state index in [9.17, 15) is 9.59 Å². The molecule has 1 aromatic rings. The average molecular weight is 305 g/mol. The Kier molecular flexibility index (Phi) is 6.25. The van der Waals surface area contributed by atoms with Gasteiger partial charge in [0, 0.05) is 6.54 Å². The highest BCUT2D eigenvalue weighted by atomic mass is 16.5. The third-order valence-corrected chi connectivity index (χ3v) is 3.93. The summed E-state index contributed by atoms with van der Waals surface area (Å²) in [6, 6.07) is 7.71. The van der Waals surface area contributed by atoms with E-state index in [4.69, 9.17) is 9.47 Å². The van der Waals surface area contributed by atoms with Crippen molar-refractivity contribution in [3.05, 3.63) is 29.8 Å². The summed E-state index contributed by atoms with van der Waals surface area (Å²) in [6.07, 6.45) is 4.66. The van der Waals surface area contributed by atoms with E-state index >= 15 is 0 Å². The van der Waals surface area contributed by atoms with E-state index in [1.807, 2.05) is 24.3 Å². The van der Waals surface area contributed by atoms with Crippen LogP contribution in [-0.2, 0) is 20.7 Å². The second kappa shape index (κ2) is 8.41. The van der Waals surface area contributed by atoms with Crippen LogP contribution in [0.5, 0.6) is 5.75 Å². The van der Waals surface area contributed by atoms with E-state index in [0.29, 0.717) is 6.54 Å². The Morgan fingerprint density at radius 3 is 2.50 bits per heavy atom. The van der Waals surface area contributed by atoms with Gasteiger partial charge in [-0.3, -0.25) is 9.59 Å². The Balaban J connectivity index is 1.61. The molecule has 1 aliphatic rings. The molecule has 1 aromatic carbocycles. The van der Waals surface area contributed by atoms with Gasteiger partial charge in [-0.05, 0) is 37.0 Å². The standard InChI is InChI=1S/C17H23NO4/c1-21-15-8-6-13(7-9-15)10-11-18-16(19)12-22-17(20)14-4-2-3-5-14/h6-9,14H,2-5,10-12H2,1H3,(H,18,19). The van der Waals surface area contributed by atoms with Gasteiger partial charge in [0.2, 0.25) is 0 Å². The zero-order valence-electron chi connectivity index (χ0n) is 13.0. The van der Waals surface area contributed by atoms with Gasteiger partial charge in [-0.25, -0.2) is 0 Å². The summed E-state index contributed by atoms with van der Waals surface area (Å²) >= 11 is 0. The minimum atomic E-state index is -0.250. The first-order valence-electron chi connectivity index (χ1n) is 7.75. The van der Waals surface area contributed by atoms with E-state index in [1.165, 1.54) is 0 Å². The molecule has 2 rings (SSSR count). The Hall–Kier alpha value is -2.04. The molecule has 0 saturated heterocycles. The third-order valence-electron chi connectivity index (χ3n) is 3.93. The monoisotopic (exact) mass is 305 g/mol. The number of rotatable bonds is 7. The normalized spacial score (nSPS) is 14.6. The van der Waals surface area contributed by atoms with Crippen molar-refractivity contribution in [1.29, 1.82) is 0 Å². The number of carbonyl (C=O) groups excluding carboxylic acids is 2. The molecule has 1 aliphatic carbocycles. The van der Waals surface area contributed by atoms with Crippen LogP contribution >= 0.6 is 0 Å². The van der Waals surface area contributed by atoms with Crippen LogP contribution in [0.25, 0.3) is 0 Å². The second-order valence-electron chi connectivity index (χ2n) is 5.54. The third kappa shape index (κ3) is 5.06. The van der Waals surface area contributed by atoms with Gasteiger partial charge in [-0.1, -0.05) is 25.0 Å². The first-order chi connectivity index (χ1) is 10.7. The van der Waals surface area contributed by atoms with Crippen LogP contribution in [0.15, 0.2) is 24.3 Å². The van der Waals surface area contributed by atoms with E-state index in [1.54, 1.807) is 7.11 Å². The quantitative estimate of drug-likeness (QED) is 0.783. The van der Waals surface area contributed by atoms with Gasteiger partial charge in [0.15, 0.2) is 6.61 Å². The minimum absolute atomic E-state index is 0.00732. The van der Waals surface area contributed by atoms with Crippen molar-refractivity contribution < 1.29 is 19.1 Å². The Labute approximate surface area is 131 Å². The molecule has 0 aromatic heterocycles. The van der Waals surface area contributed by atoms with Crippen LogP contribution in [0.1, 0.15) is 31.2 Å². The molecule has 1 saturated carbocycles. The topological polar surface area (TPSA) is 64.6 Å². The molecule has 0 atom stereocenters. The fourth-order valence-electron chi connectivity index (χ4n) is 2.61. The predicted molar refractivity (Wildman–Crippen MR) is 82.6 cm³/mol. The molecule has 0 heterocycles. The van der Waals surface area contributed by atoms with Crippen molar-refractivity contribution in [3.63, 3.8) is 0 Å². The highest BCUT2D eigenvalue weighted by Crippen LogP contribution is 2.25. The number of methoxy groups -OCH3 is 1. The summed E-state index contributed by atoms with van der Waals surface area (Å²) in [5, 5.41) is 2.76. The Bertz CT molecular complexity index is 492. The number of amides is 1. The number of ether oxygens (including phenoxy) is 2. The number of hydrogen-bond acceptors (Lipinski definition) is 4. The number of esters is 1. The molecule has 5 heteroatoms. The zero-order chi connectivity index (χ0) is 15.8. The van der Waals surface area contributed by atoms with Crippen LogP contribution in [-0.4, -0.2) is 32.1 Å². The van der Waals surface area contributed by atoms with Gasteiger partial charge in [0.25, 0.3) is 5.91 Å². The maximum absolute atomic E-state index is 11.7. The predicted octanol–water partition coefficient (Wildman–Crippen LogP) is 2.09. The smallest absolute Gasteiger partial charge is 0.309 e. The van der Waals surface area contributed by atoms with E-state index < -0.39 is 0 Å². The lowest BCUT2D eigenvalue weighted by Crippen LogP contribution is -2.31. The van der Waals surface area contributed by atoms with Gasteiger partial charge in [-0.15, -0.1) is 0 Å². The summed E-state index contributed by atoms with van der Waals surface area (Å²) in [5.74, 6) is 0.321. The van der Waals surface area contributed by atoms with E-state index in [-0.39, 0.29) is 24.4 Å². The second-order valence-corrected chi connectivity index (χ2v) is 5.54. The van der Waals surface area contributed by atoms with Crippen molar-refractivity contribution in [2.75, 3.05) is 20.3 Å². The summed E-state index contributed by atoms with van der Waals surface area (Å²) in [4.78, 5) is 23.3. The lowest BCUT2D eigenvalue weighted by atomic mass is 10.1. The molecular weight excluding hydrogens is 282 g/mol. The summed E-state index contributed by atoms with van der Waals surface area (Å²) in [6.45, 7) is 0.337. The SMILES string of the molecule is COc1ccc(CCNC(=O)COC(=O)C2CCCC2)cc1. The van der Waals surface area contributed by atoms with Gasteiger partial charge in [0.05, 0.1) is 13.0 Å². The molecule has 0 radical (unpaired) electrons. The molecule has 1 N–H and O–H groups in total. The number of hydrogen-bond donors (Lipinski definition) is 1. The first kappa shape index (κ1) is 16.3. The van der Waals surface area contributed by atoms with Crippen molar-refractivity contribution in [2.24, 2.45) is 5.92 Å². The van der Waals surface area contributed by atoms with Crippen molar-refractivity contribution >= 4 is 11.9 Å². The lowest BCUT2D eigenvalue weighted by Gasteiger charge is -2.10. The van der Waals surface area contributed by atoms with Crippen LogP contribution in [0.3, 0.4) is 0 Å². The van der Waals surface area contributed by atoms with Gasteiger partial charge in [-0.2, -0.15) is 0 Å². The summed E-state index contributed by atoms with van der Waals surface area (Å²) < 4.78 is 10.1. The summed E-state index contributed by atoms with van der Waals surface area (Å²) in [5.41, 5.74) is 1.11. The molecule has 1 fully saturated rings. The first-order valence-corrected chi connectivity index (χ1v) is 7.75. The molecule has 0 aliphatic heterocycles. The highest BCUT2D eigenvalue weighted by Gasteiger charge is 2.24. The summed E-state index contributed by atoms with van der Waals surface area (Å²) in [7, 11) is 1.63. The molecule has 5 nitrogen and oxygen atoms in total. The van der Waals surface area contributed by atoms with Crippen LogP contribution < -0.4 is 10.1 Å². The van der Waals surface area contributed by atoms with Crippen LogP contribution in [0, 0.1) is 5.92 Å². The molecule has 22 heavy (non-hydrogen) atoms. The fraction of sp³-hybridized carbons (Fsp3) is 0.529. The largest absolute Gasteiger partial charge is 0.497 e.